The Labute approximate surface area is 131 Å². The summed E-state index contributed by atoms with van der Waals surface area (Å²) in [6.07, 6.45) is -1.09. The topological polar surface area (TPSA) is 102 Å². The largest absolute Gasteiger partial charge is 0.443 e. The third-order valence-electron chi connectivity index (χ3n) is 3.75. The fourth-order valence-corrected chi connectivity index (χ4v) is 3.17. The molecule has 3 rings (SSSR count). The molecule has 0 spiro atoms. The van der Waals surface area contributed by atoms with E-state index in [1.165, 1.54) is 16.7 Å². The van der Waals surface area contributed by atoms with Gasteiger partial charge in [0, 0.05) is 10.6 Å². The Kier molecular flexibility index (Phi) is 3.69. The number of rotatable bonds is 3. The van der Waals surface area contributed by atoms with Crippen molar-refractivity contribution in [2.45, 2.75) is 17.9 Å². The minimum Gasteiger partial charge on any atom is -0.443 e. The molecule has 2 aliphatic heterocycles. The van der Waals surface area contributed by atoms with E-state index in [1.807, 2.05) is 6.07 Å². The van der Waals surface area contributed by atoms with Crippen LogP contribution in [0.2, 0.25) is 0 Å². The number of benzene rings is 1. The molecule has 1 saturated heterocycles. The second-order valence-corrected chi connectivity index (χ2v) is 6.26. The van der Waals surface area contributed by atoms with E-state index in [4.69, 9.17) is 10.5 Å². The lowest BCUT2D eigenvalue weighted by molar-refractivity contribution is -0.123. The van der Waals surface area contributed by atoms with Gasteiger partial charge in [-0.25, -0.2) is 4.79 Å². The van der Waals surface area contributed by atoms with Crippen molar-refractivity contribution < 1.29 is 19.1 Å². The maximum atomic E-state index is 12.0. The number of hydrogen-bond acceptors (Lipinski definition) is 5. The summed E-state index contributed by atoms with van der Waals surface area (Å²) >= 11 is 1.45. The first-order chi connectivity index (χ1) is 10.5. The molecule has 0 aliphatic carbocycles. The van der Waals surface area contributed by atoms with Crippen molar-refractivity contribution in [3.63, 3.8) is 0 Å². The van der Waals surface area contributed by atoms with Gasteiger partial charge in [0.1, 0.15) is 6.10 Å². The van der Waals surface area contributed by atoms with Gasteiger partial charge < -0.3 is 15.8 Å². The second-order valence-electron chi connectivity index (χ2n) is 5.24. The summed E-state index contributed by atoms with van der Waals surface area (Å²) in [6.45, 7) is 1.89. The van der Waals surface area contributed by atoms with Gasteiger partial charge in [0.25, 0.3) is 0 Å². The first-order valence-corrected chi connectivity index (χ1v) is 7.78. The molecule has 22 heavy (non-hydrogen) atoms. The zero-order valence-corrected chi connectivity index (χ0v) is 12.7. The lowest BCUT2D eigenvalue weighted by atomic mass is 10.0. The standard InChI is InChI=1S/C14H15N3O4S/c1-7(13(15)19)10-5-17(14(20)21-10)8-2-3-11-9(4-8)16-12(18)6-22-11/h2-4,7,10H,5-6H2,1H3,(H2,15,19)(H,16,18). The normalized spacial score (nSPS) is 21.9. The van der Waals surface area contributed by atoms with Crippen molar-refractivity contribution in [3.8, 4) is 0 Å². The number of thioether (sulfide) groups is 1. The average Bonchev–Trinajstić information content (AvgIpc) is 2.87. The van der Waals surface area contributed by atoms with Crippen LogP contribution in [0.5, 0.6) is 0 Å². The minimum absolute atomic E-state index is 0.0705. The number of anilines is 2. The predicted molar refractivity (Wildman–Crippen MR) is 81.8 cm³/mol. The number of ether oxygens (including phenoxy) is 1. The molecule has 2 aliphatic rings. The highest BCUT2D eigenvalue weighted by Crippen LogP contribution is 2.35. The third kappa shape index (κ3) is 2.61. The van der Waals surface area contributed by atoms with Crippen molar-refractivity contribution in [2.75, 3.05) is 22.5 Å². The van der Waals surface area contributed by atoms with Gasteiger partial charge in [0.15, 0.2) is 0 Å². The number of fused-ring (bicyclic) bond motifs is 1. The summed E-state index contributed by atoms with van der Waals surface area (Å²) < 4.78 is 5.21. The van der Waals surface area contributed by atoms with Gasteiger partial charge in [-0.3, -0.25) is 14.5 Å². The smallest absolute Gasteiger partial charge is 0.414 e. The molecule has 3 amide bonds. The Bertz CT molecular complexity index is 663. The van der Waals surface area contributed by atoms with E-state index in [-0.39, 0.29) is 12.5 Å². The number of primary amides is 1. The third-order valence-corrected chi connectivity index (χ3v) is 4.82. The van der Waals surface area contributed by atoms with Crippen molar-refractivity contribution >= 4 is 41.0 Å². The molecule has 2 unspecified atom stereocenters. The number of cyclic esters (lactones) is 1. The highest BCUT2D eigenvalue weighted by atomic mass is 32.2. The number of carbonyl (C=O) groups is 3. The first kappa shape index (κ1) is 14.7. The number of hydrogen-bond donors (Lipinski definition) is 2. The Balaban J connectivity index is 1.83. The molecular formula is C14H15N3O4S. The molecule has 8 heteroatoms. The maximum absolute atomic E-state index is 12.0. The molecular weight excluding hydrogens is 306 g/mol. The van der Waals surface area contributed by atoms with Gasteiger partial charge in [0.05, 0.1) is 23.9 Å². The van der Waals surface area contributed by atoms with Gasteiger partial charge in [0.2, 0.25) is 11.8 Å². The molecule has 1 aromatic carbocycles. The van der Waals surface area contributed by atoms with E-state index in [9.17, 15) is 14.4 Å². The monoisotopic (exact) mass is 321 g/mol. The summed E-state index contributed by atoms with van der Waals surface area (Å²) in [7, 11) is 0. The van der Waals surface area contributed by atoms with Crippen LogP contribution in [0.25, 0.3) is 0 Å². The van der Waals surface area contributed by atoms with E-state index >= 15 is 0 Å². The molecule has 0 bridgehead atoms. The number of carbonyl (C=O) groups excluding carboxylic acids is 3. The van der Waals surface area contributed by atoms with E-state index in [0.29, 0.717) is 17.1 Å². The Morgan fingerprint density at radius 1 is 1.50 bits per heavy atom. The summed E-state index contributed by atoms with van der Waals surface area (Å²) in [6, 6.07) is 5.38. The van der Waals surface area contributed by atoms with Gasteiger partial charge in [-0.1, -0.05) is 0 Å². The summed E-state index contributed by atoms with van der Waals surface area (Å²) in [5, 5.41) is 2.78. The number of nitrogens with zero attached hydrogens (tertiary/aromatic N) is 1. The van der Waals surface area contributed by atoms with Crippen molar-refractivity contribution in [2.24, 2.45) is 11.7 Å². The first-order valence-electron chi connectivity index (χ1n) is 6.80. The van der Waals surface area contributed by atoms with Crippen LogP contribution in [-0.2, 0) is 14.3 Å². The van der Waals surface area contributed by atoms with Crippen LogP contribution in [-0.4, -0.2) is 36.3 Å². The fourth-order valence-electron chi connectivity index (χ4n) is 2.38. The highest BCUT2D eigenvalue weighted by Gasteiger charge is 2.38. The molecule has 1 aromatic rings. The summed E-state index contributed by atoms with van der Waals surface area (Å²) in [5.74, 6) is -0.745. The van der Waals surface area contributed by atoms with Crippen molar-refractivity contribution in [1.29, 1.82) is 0 Å². The van der Waals surface area contributed by atoms with Gasteiger partial charge in [-0.15, -0.1) is 11.8 Å². The molecule has 7 nitrogen and oxygen atoms in total. The molecule has 0 aromatic heterocycles. The van der Waals surface area contributed by atoms with Gasteiger partial charge in [-0.2, -0.15) is 0 Å². The van der Waals surface area contributed by atoms with E-state index < -0.39 is 24.0 Å². The van der Waals surface area contributed by atoms with Crippen LogP contribution in [0.4, 0.5) is 16.2 Å². The SMILES string of the molecule is CC(C(N)=O)C1CN(c2ccc3c(c2)NC(=O)CS3)C(=O)O1. The van der Waals surface area contributed by atoms with Crippen molar-refractivity contribution in [1.82, 2.24) is 0 Å². The number of amides is 3. The highest BCUT2D eigenvalue weighted by molar-refractivity contribution is 8.00. The van der Waals surface area contributed by atoms with E-state index in [2.05, 4.69) is 5.32 Å². The lowest BCUT2D eigenvalue weighted by Crippen LogP contribution is -2.34. The van der Waals surface area contributed by atoms with E-state index in [1.54, 1.807) is 19.1 Å². The van der Waals surface area contributed by atoms with Crippen LogP contribution in [0.3, 0.4) is 0 Å². The Hall–Kier alpha value is -2.22. The lowest BCUT2D eigenvalue weighted by Gasteiger charge is -2.20. The molecule has 1 fully saturated rings. The molecule has 2 heterocycles. The summed E-state index contributed by atoms with van der Waals surface area (Å²) in [5.41, 5.74) is 6.55. The number of nitrogens with two attached hydrogens (primary N) is 1. The van der Waals surface area contributed by atoms with Crippen molar-refractivity contribution in [3.05, 3.63) is 18.2 Å². The van der Waals surface area contributed by atoms with Crippen LogP contribution < -0.4 is 16.0 Å². The van der Waals surface area contributed by atoms with E-state index in [0.717, 1.165) is 4.90 Å². The molecule has 2 atom stereocenters. The molecule has 3 N–H and O–H groups in total. The quantitative estimate of drug-likeness (QED) is 0.870. The van der Waals surface area contributed by atoms with Crippen LogP contribution in [0, 0.1) is 5.92 Å². The second kappa shape index (κ2) is 5.53. The Morgan fingerprint density at radius 2 is 2.27 bits per heavy atom. The molecule has 0 saturated carbocycles. The van der Waals surface area contributed by atoms with Gasteiger partial charge in [-0.05, 0) is 25.1 Å². The minimum atomic E-state index is -0.565. The average molecular weight is 321 g/mol. The Morgan fingerprint density at radius 3 is 3.00 bits per heavy atom. The van der Waals surface area contributed by atoms with Gasteiger partial charge >= 0.3 is 6.09 Å². The number of nitrogens with one attached hydrogen (secondary N) is 1. The molecule has 0 radical (unpaired) electrons. The van der Waals surface area contributed by atoms with Crippen LogP contribution in [0.1, 0.15) is 6.92 Å². The van der Waals surface area contributed by atoms with Crippen LogP contribution >= 0.6 is 11.8 Å². The zero-order valence-electron chi connectivity index (χ0n) is 11.9. The zero-order chi connectivity index (χ0) is 15.9. The van der Waals surface area contributed by atoms with Crippen LogP contribution in [0.15, 0.2) is 23.1 Å². The maximum Gasteiger partial charge on any atom is 0.414 e. The molecule has 116 valence electrons. The predicted octanol–water partition coefficient (Wildman–Crippen LogP) is 1.18. The summed E-state index contributed by atoms with van der Waals surface area (Å²) in [4.78, 5) is 37.1. The fraction of sp³-hybridized carbons (Fsp3) is 0.357.